The Labute approximate surface area is 179 Å². The molecule has 1 aliphatic heterocycles. The van der Waals surface area contributed by atoms with Gasteiger partial charge in [0.25, 0.3) is 0 Å². The molecule has 3 heterocycles. The van der Waals surface area contributed by atoms with Crippen LogP contribution in [0.3, 0.4) is 0 Å². The van der Waals surface area contributed by atoms with Gasteiger partial charge in [0.1, 0.15) is 5.65 Å². The second kappa shape index (κ2) is 8.47. The molecule has 0 N–H and O–H groups in total. The summed E-state index contributed by atoms with van der Waals surface area (Å²) in [5.41, 5.74) is 4.82. The van der Waals surface area contributed by atoms with Crippen molar-refractivity contribution in [1.29, 1.82) is 0 Å². The molecule has 1 aromatic carbocycles. The number of likely N-dealkylation sites (tertiary alicyclic amines) is 1. The molecule has 4 rings (SSSR count). The summed E-state index contributed by atoms with van der Waals surface area (Å²) in [5, 5.41) is 0. The van der Waals surface area contributed by atoms with Crippen LogP contribution in [0, 0.1) is 0 Å². The largest absolute Gasteiger partial charge is 0.331 e. The van der Waals surface area contributed by atoms with Gasteiger partial charge in [-0.25, -0.2) is 4.98 Å². The van der Waals surface area contributed by atoms with E-state index in [0.717, 1.165) is 45.9 Å². The van der Waals surface area contributed by atoms with Crippen LogP contribution in [0.25, 0.3) is 16.9 Å². The van der Waals surface area contributed by atoms with Gasteiger partial charge in [-0.15, -0.1) is 0 Å². The van der Waals surface area contributed by atoms with E-state index in [1.807, 2.05) is 55.5 Å². The van der Waals surface area contributed by atoms with Gasteiger partial charge in [0.15, 0.2) is 0 Å². The molecule has 0 unspecified atom stereocenters. The normalized spacial score (nSPS) is 15.9. The number of imidazole rings is 1. The standard InChI is InChI=1S/C22H24BrN5O/c1-26(2)12-10-24-18-13-21(29)27(14-18)15-19-22(16-6-8-17(23)9-7-16)25-20-5-3-4-11-28(19)20/h3-9,11H,10,12-15H2,1-2H3. The molecule has 2 aromatic heterocycles. The molecule has 150 valence electrons. The predicted molar refractivity (Wildman–Crippen MR) is 119 cm³/mol. The Morgan fingerprint density at radius 3 is 2.72 bits per heavy atom. The van der Waals surface area contributed by atoms with Crippen molar-refractivity contribution in [1.82, 2.24) is 19.2 Å². The smallest absolute Gasteiger partial charge is 0.228 e. The highest BCUT2D eigenvalue weighted by Crippen LogP contribution is 2.28. The Morgan fingerprint density at radius 2 is 1.97 bits per heavy atom. The van der Waals surface area contributed by atoms with Crippen LogP contribution in [0.2, 0.25) is 0 Å². The highest BCUT2D eigenvalue weighted by Gasteiger charge is 2.28. The molecule has 0 spiro atoms. The molecular formula is C22H24BrN5O. The van der Waals surface area contributed by atoms with E-state index >= 15 is 0 Å². The lowest BCUT2D eigenvalue weighted by molar-refractivity contribution is -0.128. The van der Waals surface area contributed by atoms with Crippen LogP contribution in [0.15, 0.2) is 58.1 Å². The topological polar surface area (TPSA) is 53.2 Å². The van der Waals surface area contributed by atoms with Crippen LogP contribution < -0.4 is 0 Å². The predicted octanol–water partition coefficient (Wildman–Crippen LogP) is 3.50. The number of aromatic nitrogens is 2. The zero-order chi connectivity index (χ0) is 20.4. The molecular weight excluding hydrogens is 430 g/mol. The maximum atomic E-state index is 12.6. The lowest BCUT2D eigenvalue weighted by Gasteiger charge is -2.16. The molecule has 1 fully saturated rings. The number of hydrogen-bond donors (Lipinski definition) is 0. The maximum absolute atomic E-state index is 12.6. The summed E-state index contributed by atoms with van der Waals surface area (Å²) in [6.07, 6.45) is 2.42. The summed E-state index contributed by atoms with van der Waals surface area (Å²) in [4.78, 5) is 26.1. The fourth-order valence-electron chi connectivity index (χ4n) is 3.53. The van der Waals surface area contributed by atoms with E-state index in [2.05, 4.69) is 42.4 Å². The van der Waals surface area contributed by atoms with Crippen molar-refractivity contribution < 1.29 is 4.79 Å². The second-order valence-electron chi connectivity index (χ2n) is 7.52. The Hall–Kier alpha value is -2.51. The number of nitrogens with zero attached hydrogens (tertiary/aromatic N) is 5. The first-order chi connectivity index (χ1) is 14.0. The van der Waals surface area contributed by atoms with Crippen molar-refractivity contribution in [3.63, 3.8) is 0 Å². The van der Waals surface area contributed by atoms with Gasteiger partial charge in [0.05, 0.1) is 37.4 Å². The molecule has 3 aromatic rings. The molecule has 0 radical (unpaired) electrons. The number of amides is 1. The molecule has 1 aliphatic rings. The summed E-state index contributed by atoms with van der Waals surface area (Å²) < 4.78 is 3.10. The highest BCUT2D eigenvalue weighted by atomic mass is 79.9. The fraction of sp³-hybridized carbons (Fsp3) is 0.318. The van der Waals surface area contributed by atoms with Gasteiger partial charge in [-0.2, -0.15) is 0 Å². The van der Waals surface area contributed by atoms with E-state index in [1.54, 1.807) is 0 Å². The lowest BCUT2D eigenvalue weighted by atomic mass is 10.1. The SMILES string of the molecule is CN(C)CCN=C1CC(=O)N(Cc2c(-c3ccc(Br)cc3)nc3ccccn23)C1. The Bertz CT molecular complexity index is 1050. The first kappa shape index (κ1) is 19.8. The highest BCUT2D eigenvalue weighted by molar-refractivity contribution is 9.10. The third kappa shape index (κ3) is 4.41. The zero-order valence-electron chi connectivity index (χ0n) is 16.7. The van der Waals surface area contributed by atoms with Crippen LogP contribution in [-0.4, -0.2) is 64.5 Å². The van der Waals surface area contributed by atoms with Gasteiger partial charge < -0.3 is 14.2 Å². The molecule has 0 aliphatic carbocycles. The van der Waals surface area contributed by atoms with Gasteiger partial charge in [-0.3, -0.25) is 9.79 Å². The summed E-state index contributed by atoms with van der Waals surface area (Å²) in [6, 6.07) is 14.1. The number of hydrogen-bond acceptors (Lipinski definition) is 4. The second-order valence-corrected chi connectivity index (χ2v) is 8.44. The molecule has 0 saturated carbocycles. The summed E-state index contributed by atoms with van der Waals surface area (Å²) in [7, 11) is 4.06. The first-order valence-corrected chi connectivity index (χ1v) is 10.5. The van der Waals surface area contributed by atoms with Crippen molar-refractivity contribution >= 4 is 33.2 Å². The lowest BCUT2D eigenvalue weighted by Crippen LogP contribution is -2.25. The fourth-order valence-corrected chi connectivity index (χ4v) is 3.79. The van der Waals surface area contributed by atoms with Crippen molar-refractivity contribution in [2.24, 2.45) is 4.99 Å². The van der Waals surface area contributed by atoms with E-state index in [-0.39, 0.29) is 5.91 Å². The Kier molecular flexibility index (Phi) is 5.78. The molecule has 0 atom stereocenters. The molecule has 1 amide bonds. The van der Waals surface area contributed by atoms with Gasteiger partial charge >= 0.3 is 0 Å². The number of fused-ring (bicyclic) bond motifs is 1. The third-order valence-electron chi connectivity index (χ3n) is 5.05. The minimum Gasteiger partial charge on any atom is -0.331 e. The van der Waals surface area contributed by atoms with Crippen molar-refractivity contribution in [3.05, 3.63) is 58.8 Å². The number of pyridine rings is 1. The quantitative estimate of drug-likeness (QED) is 0.573. The van der Waals surface area contributed by atoms with Gasteiger partial charge in [0.2, 0.25) is 5.91 Å². The van der Waals surface area contributed by atoms with Crippen LogP contribution >= 0.6 is 15.9 Å². The molecule has 0 bridgehead atoms. The van der Waals surface area contributed by atoms with Crippen LogP contribution in [0.1, 0.15) is 12.1 Å². The Balaban J connectivity index is 1.63. The monoisotopic (exact) mass is 453 g/mol. The van der Waals surface area contributed by atoms with Crippen molar-refractivity contribution in [2.45, 2.75) is 13.0 Å². The summed E-state index contributed by atoms with van der Waals surface area (Å²) in [6.45, 7) is 2.72. The number of rotatable bonds is 6. The third-order valence-corrected chi connectivity index (χ3v) is 5.58. The van der Waals surface area contributed by atoms with Crippen LogP contribution in [-0.2, 0) is 11.3 Å². The van der Waals surface area contributed by atoms with E-state index < -0.39 is 0 Å². The van der Waals surface area contributed by atoms with Crippen molar-refractivity contribution in [3.8, 4) is 11.3 Å². The van der Waals surface area contributed by atoms with Crippen LogP contribution in [0.4, 0.5) is 0 Å². The summed E-state index contributed by atoms with van der Waals surface area (Å²) in [5.74, 6) is 0.126. The zero-order valence-corrected chi connectivity index (χ0v) is 18.3. The van der Waals surface area contributed by atoms with Crippen molar-refractivity contribution in [2.75, 3.05) is 33.7 Å². The minimum atomic E-state index is 0.126. The van der Waals surface area contributed by atoms with Gasteiger partial charge in [0, 0.05) is 28.5 Å². The average molecular weight is 454 g/mol. The van der Waals surface area contributed by atoms with Gasteiger partial charge in [-0.1, -0.05) is 34.1 Å². The first-order valence-electron chi connectivity index (χ1n) is 9.68. The average Bonchev–Trinajstić information content (AvgIpc) is 3.23. The van der Waals surface area contributed by atoms with E-state index in [4.69, 9.17) is 4.98 Å². The van der Waals surface area contributed by atoms with E-state index in [0.29, 0.717) is 19.5 Å². The number of aliphatic imine (C=N–C) groups is 1. The number of halogens is 1. The van der Waals surface area contributed by atoms with E-state index in [9.17, 15) is 4.79 Å². The maximum Gasteiger partial charge on any atom is 0.228 e. The Morgan fingerprint density at radius 1 is 1.17 bits per heavy atom. The van der Waals surface area contributed by atoms with Gasteiger partial charge in [-0.05, 0) is 38.4 Å². The number of carbonyl (C=O) groups excluding carboxylic acids is 1. The number of benzene rings is 1. The minimum absolute atomic E-state index is 0.126. The number of likely N-dealkylation sites (N-methyl/N-ethyl adjacent to an activating group) is 1. The molecule has 7 heteroatoms. The van der Waals surface area contributed by atoms with E-state index in [1.165, 1.54) is 0 Å². The molecule has 1 saturated heterocycles. The van der Waals surface area contributed by atoms with Crippen LogP contribution in [0.5, 0.6) is 0 Å². The molecule has 6 nitrogen and oxygen atoms in total. The number of carbonyl (C=O) groups is 1. The molecule has 29 heavy (non-hydrogen) atoms. The summed E-state index contributed by atoms with van der Waals surface area (Å²) >= 11 is 3.49.